The van der Waals surface area contributed by atoms with Crippen molar-refractivity contribution in [2.75, 3.05) is 18.9 Å². The molecule has 3 fully saturated rings. The Bertz CT molecular complexity index is 940. The number of hydrogen-bond donors (Lipinski definition) is 2. The second-order valence-electron chi connectivity index (χ2n) is 11.7. The summed E-state index contributed by atoms with van der Waals surface area (Å²) in [7, 11) is 2.15. The van der Waals surface area contributed by atoms with Crippen LogP contribution in [0.3, 0.4) is 0 Å². The van der Waals surface area contributed by atoms with Gasteiger partial charge in [-0.2, -0.15) is 0 Å². The summed E-state index contributed by atoms with van der Waals surface area (Å²) in [6, 6.07) is 7.90. The Morgan fingerprint density at radius 1 is 1.15 bits per heavy atom. The molecule has 1 aliphatic heterocycles. The second-order valence-corrected chi connectivity index (χ2v) is 11.7. The van der Waals surface area contributed by atoms with Crippen molar-refractivity contribution in [3.8, 4) is 0 Å². The van der Waals surface area contributed by atoms with E-state index in [1.807, 2.05) is 24.3 Å². The van der Waals surface area contributed by atoms with Gasteiger partial charge >= 0.3 is 6.03 Å². The molecule has 2 unspecified atom stereocenters. The van der Waals surface area contributed by atoms with Gasteiger partial charge in [-0.1, -0.05) is 58.2 Å². The number of imide groups is 1. The second kappa shape index (κ2) is 9.68. The lowest BCUT2D eigenvalue weighted by molar-refractivity contribution is -0.136. The maximum atomic E-state index is 13.4. The molecule has 1 aromatic rings. The van der Waals surface area contributed by atoms with Gasteiger partial charge < -0.3 is 10.6 Å². The normalized spacial score (nSPS) is 27.3. The van der Waals surface area contributed by atoms with Crippen LogP contribution in [0.1, 0.15) is 77.7 Å². The molecule has 1 heterocycles. The summed E-state index contributed by atoms with van der Waals surface area (Å²) >= 11 is 0. The highest BCUT2D eigenvalue weighted by Gasteiger charge is 2.56. The van der Waals surface area contributed by atoms with E-state index < -0.39 is 11.6 Å². The molecule has 2 saturated carbocycles. The van der Waals surface area contributed by atoms with Gasteiger partial charge in [-0.05, 0) is 62.1 Å². The van der Waals surface area contributed by atoms with Crippen LogP contribution in [-0.4, -0.2) is 52.8 Å². The Hall–Kier alpha value is -2.41. The Kier molecular flexibility index (Phi) is 7.04. The van der Waals surface area contributed by atoms with E-state index in [0.717, 1.165) is 29.1 Å². The molecule has 1 spiro atoms. The summed E-state index contributed by atoms with van der Waals surface area (Å²) in [5.74, 6) is -0.288. The molecule has 186 valence electrons. The number of anilines is 1. The first-order valence-corrected chi connectivity index (χ1v) is 12.8. The van der Waals surface area contributed by atoms with E-state index in [2.05, 4.69) is 43.4 Å². The van der Waals surface area contributed by atoms with Gasteiger partial charge in [0, 0.05) is 18.3 Å². The van der Waals surface area contributed by atoms with Crippen molar-refractivity contribution in [2.24, 2.45) is 11.3 Å². The van der Waals surface area contributed by atoms with Crippen LogP contribution < -0.4 is 10.6 Å². The van der Waals surface area contributed by atoms with Gasteiger partial charge in [-0.15, -0.1) is 0 Å². The Morgan fingerprint density at radius 2 is 1.85 bits per heavy atom. The minimum absolute atomic E-state index is 0.0395. The van der Waals surface area contributed by atoms with Crippen LogP contribution in [-0.2, 0) is 16.1 Å². The molecule has 0 aromatic heterocycles. The lowest BCUT2D eigenvalue weighted by Gasteiger charge is -2.43. The molecule has 0 radical (unpaired) electrons. The third kappa shape index (κ3) is 5.29. The average molecular weight is 469 g/mol. The van der Waals surface area contributed by atoms with Crippen LogP contribution in [0.15, 0.2) is 24.3 Å². The van der Waals surface area contributed by atoms with Gasteiger partial charge in [0.2, 0.25) is 5.91 Å². The van der Waals surface area contributed by atoms with Crippen molar-refractivity contribution in [1.29, 1.82) is 0 Å². The first-order valence-electron chi connectivity index (χ1n) is 12.8. The number of para-hydroxylation sites is 1. The van der Waals surface area contributed by atoms with E-state index in [9.17, 15) is 14.4 Å². The van der Waals surface area contributed by atoms with Crippen molar-refractivity contribution < 1.29 is 14.4 Å². The minimum atomic E-state index is -0.890. The number of carbonyl (C=O) groups is 3. The molecule has 0 bridgehead atoms. The number of urea groups is 1. The van der Waals surface area contributed by atoms with Crippen LogP contribution in [0.25, 0.3) is 0 Å². The largest absolute Gasteiger partial charge is 0.325 e. The summed E-state index contributed by atoms with van der Waals surface area (Å²) in [6.45, 7) is 6.88. The van der Waals surface area contributed by atoms with E-state index >= 15 is 0 Å². The fourth-order valence-corrected chi connectivity index (χ4v) is 6.68. The summed E-state index contributed by atoms with van der Waals surface area (Å²) in [5.41, 5.74) is 0.853. The van der Waals surface area contributed by atoms with Gasteiger partial charge in [0.05, 0.1) is 0 Å². The Labute approximate surface area is 203 Å². The monoisotopic (exact) mass is 468 g/mol. The molecule has 7 heteroatoms. The number of nitrogens with zero attached hydrogens (tertiary/aromatic N) is 2. The zero-order chi connectivity index (χ0) is 24.5. The molecular formula is C27H40N4O3. The van der Waals surface area contributed by atoms with E-state index in [-0.39, 0.29) is 23.8 Å². The van der Waals surface area contributed by atoms with E-state index in [0.29, 0.717) is 24.8 Å². The van der Waals surface area contributed by atoms with Crippen LogP contribution >= 0.6 is 0 Å². The topological polar surface area (TPSA) is 81.8 Å². The summed E-state index contributed by atoms with van der Waals surface area (Å²) in [4.78, 5) is 42.5. The smallest absolute Gasteiger partial charge is 0.324 e. The molecule has 1 saturated heterocycles. The Morgan fingerprint density at radius 3 is 2.56 bits per heavy atom. The number of amides is 4. The zero-order valence-corrected chi connectivity index (χ0v) is 21.2. The van der Waals surface area contributed by atoms with E-state index in [4.69, 9.17) is 0 Å². The SMILES string of the molecule is CC1CC(C)(C)CC2(C1)NC(=O)N(CC(=O)Nc1ccccc1CN(C)C1CCCCC1)C2=O. The van der Waals surface area contributed by atoms with Gasteiger partial charge in [-0.25, -0.2) is 4.79 Å². The molecule has 7 nitrogen and oxygen atoms in total. The van der Waals surface area contributed by atoms with Gasteiger partial charge in [0.15, 0.2) is 0 Å². The molecule has 1 aromatic carbocycles. The maximum absolute atomic E-state index is 13.4. The third-order valence-corrected chi connectivity index (χ3v) is 7.84. The standard InChI is InChI=1S/C27H40N4O3/c1-19-14-26(2,3)18-27(15-19)24(33)31(25(34)29-27)17-23(32)28-22-13-9-8-10-20(22)16-30(4)21-11-6-5-7-12-21/h8-10,13,19,21H,5-7,11-12,14-18H2,1-4H3,(H,28,32)(H,29,34). The van der Waals surface area contributed by atoms with Crippen molar-refractivity contribution >= 4 is 23.5 Å². The molecule has 2 N–H and O–H groups in total. The van der Waals surface area contributed by atoms with Crippen molar-refractivity contribution in [3.63, 3.8) is 0 Å². The number of benzene rings is 1. The molecule has 34 heavy (non-hydrogen) atoms. The summed E-state index contributed by atoms with van der Waals surface area (Å²) in [6.07, 6.45) is 8.54. The van der Waals surface area contributed by atoms with Crippen molar-refractivity contribution in [2.45, 2.75) is 90.3 Å². The minimum Gasteiger partial charge on any atom is -0.324 e. The quantitative estimate of drug-likeness (QED) is 0.601. The maximum Gasteiger partial charge on any atom is 0.325 e. The fraction of sp³-hybridized carbons (Fsp3) is 0.667. The molecule has 4 amide bonds. The third-order valence-electron chi connectivity index (χ3n) is 7.84. The van der Waals surface area contributed by atoms with Crippen molar-refractivity contribution in [3.05, 3.63) is 29.8 Å². The number of hydrogen-bond acceptors (Lipinski definition) is 4. The van der Waals surface area contributed by atoms with E-state index in [1.54, 1.807) is 0 Å². The van der Waals surface area contributed by atoms with Crippen molar-refractivity contribution in [1.82, 2.24) is 15.1 Å². The lowest BCUT2D eigenvalue weighted by Crippen LogP contribution is -2.54. The molecule has 4 rings (SSSR count). The van der Waals surface area contributed by atoms with Crippen LogP contribution in [0.2, 0.25) is 0 Å². The first-order chi connectivity index (χ1) is 16.1. The van der Waals surface area contributed by atoms with E-state index in [1.165, 1.54) is 32.1 Å². The Balaban J connectivity index is 1.41. The predicted octanol–water partition coefficient (Wildman–Crippen LogP) is 4.53. The highest BCUT2D eigenvalue weighted by Crippen LogP contribution is 2.46. The highest BCUT2D eigenvalue weighted by molar-refractivity contribution is 6.10. The zero-order valence-electron chi connectivity index (χ0n) is 21.2. The summed E-state index contributed by atoms with van der Waals surface area (Å²) < 4.78 is 0. The van der Waals surface area contributed by atoms with Crippen LogP contribution in [0.5, 0.6) is 0 Å². The van der Waals surface area contributed by atoms with Gasteiger partial charge in [0.25, 0.3) is 5.91 Å². The predicted molar refractivity (Wildman–Crippen MR) is 133 cm³/mol. The first kappa shape index (κ1) is 24.7. The lowest BCUT2D eigenvalue weighted by atomic mass is 9.64. The molecule has 2 aliphatic carbocycles. The molecule has 3 aliphatic rings. The van der Waals surface area contributed by atoms with Crippen LogP contribution in [0.4, 0.5) is 10.5 Å². The van der Waals surface area contributed by atoms with Gasteiger partial charge in [0.1, 0.15) is 12.1 Å². The highest BCUT2D eigenvalue weighted by atomic mass is 16.2. The summed E-state index contributed by atoms with van der Waals surface area (Å²) in [5, 5.41) is 5.91. The number of carbonyl (C=O) groups excluding carboxylic acids is 3. The molecular weight excluding hydrogens is 428 g/mol. The average Bonchev–Trinajstić information content (AvgIpc) is 2.97. The number of rotatable bonds is 6. The van der Waals surface area contributed by atoms with Gasteiger partial charge in [-0.3, -0.25) is 19.4 Å². The fourth-order valence-electron chi connectivity index (χ4n) is 6.68. The van der Waals surface area contributed by atoms with Crippen LogP contribution in [0, 0.1) is 11.3 Å². The number of nitrogens with one attached hydrogen (secondary N) is 2. The molecule has 2 atom stereocenters.